The fourth-order valence-electron chi connectivity index (χ4n) is 2.01. The van der Waals surface area contributed by atoms with E-state index in [1.807, 2.05) is 12.3 Å². The number of aryl methyl sites for hydroxylation is 1. The van der Waals surface area contributed by atoms with Crippen LogP contribution in [-0.2, 0) is 12.7 Å². The molecule has 0 bridgehead atoms. The molecule has 3 aromatic rings. The molecule has 0 aliphatic heterocycles. The zero-order valence-electron chi connectivity index (χ0n) is 12.5. The molecule has 0 unspecified atom stereocenters. The summed E-state index contributed by atoms with van der Waals surface area (Å²) in [6.07, 6.45) is -2.96. The normalized spacial score (nSPS) is 11.5. The van der Waals surface area contributed by atoms with Crippen molar-refractivity contribution in [3.63, 3.8) is 0 Å². The first-order chi connectivity index (χ1) is 11.4. The first kappa shape index (κ1) is 16.3. The van der Waals surface area contributed by atoms with Crippen molar-refractivity contribution in [3.8, 4) is 11.3 Å². The highest BCUT2D eigenvalue weighted by Gasteiger charge is 2.30. The first-order valence-electron chi connectivity index (χ1n) is 6.94. The summed E-state index contributed by atoms with van der Waals surface area (Å²) < 4.78 is 37.8. The number of thiazole rings is 1. The molecular formula is C15H12F3N5S. The van der Waals surface area contributed by atoms with Crippen LogP contribution in [0.25, 0.3) is 11.3 Å². The Hall–Kier alpha value is -2.55. The molecule has 0 aliphatic rings. The molecule has 0 amide bonds. The number of hydrogen-bond donors (Lipinski definition) is 1. The van der Waals surface area contributed by atoms with Gasteiger partial charge in [0.2, 0.25) is 5.95 Å². The van der Waals surface area contributed by atoms with Gasteiger partial charge >= 0.3 is 6.18 Å². The summed E-state index contributed by atoms with van der Waals surface area (Å²) in [4.78, 5) is 8.58. The minimum absolute atomic E-state index is 0.290. The number of rotatable bonds is 4. The van der Waals surface area contributed by atoms with Gasteiger partial charge in [0, 0.05) is 10.9 Å². The van der Waals surface area contributed by atoms with Crippen LogP contribution in [0.15, 0.2) is 35.8 Å². The lowest BCUT2D eigenvalue weighted by Crippen LogP contribution is -2.06. The van der Waals surface area contributed by atoms with Gasteiger partial charge in [0.05, 0.1) is 34.7 Å². The van der Waals surface area contributed by atoms with Gasteiger partial charge in [-0.15, -0.1) is 16.4 Å². The molecule has 9 heteroatoms. The van der Waals surface area contributed by atoms with Crippen LogP contribution >= 0.6 is 11.3 Å². The van der Waals surface area contributed by atoms with Crippen molar-refractivity contribution in [2.24, 2.45) is 0 Å². The summed E-state index contributed by atoms with van der Waals surface area (Å²) in [6.45, 7) is 2.36. The lowest BCUT2D eigenvalue weighted by molar-refractivity contribution is -0.137. The Kier molecular flexibility index (Phi) is 4.43. The van der Waals surface area contributed by atoms with E-state index in [9.17, 15) is 13.2 Å². The monoisotopic (exact) mass is 351 g/mol. The second kappa shape index (κ2) is 6.52. The second-order valence-electron chi connectivity index (χ2n) is 4.95. The maximum Gasteiger partial charge on any atom is 0.416 e. The fourth-order valence-corrected chi connectivity index (χ4v) is 2.62. The smallest absolute Gasteiger partial charge is 0.347 e. The van der Waals surface area contributed by atoms with Crippen LogP contribution in [0.4, 0.5) is 19.1 Å². The fraction of sp³-hybridized carbons (Fsp3) is 0.200. The molecule has 5 nitrogen and oxygen atoms in total. The zero-order valence-corrected chi connectivity index (χ0v) is 13.3. The predicted molar refractivity (Wildman–Crippen MR) is 84.4 cm³/mol. The van der Waals surface area contributed by atoms with E-state index in [1.54, 1.807) is 11.3 Å². The summed E-state index contributed by atoms with van der Waals surface area (Å²) in [5, 5.41) is 13.6. The highest BCUT2D eigenvalue weighted by molar-refractivity contribution is 7.09. The molecule has 1 N–H and O–H groups in total. The third-order valence-electron chi connectivity index (χ3n) is 3.16. The van der Waals surface area contributed by atoms with Gasteiger partial charge in [-0.3, -0.25) is 0 Å². The van der Waals surface area contributed by atoms with E-state index in [1.165, 1.54) is 18.3 Å². The van der Waals surface area contributed by atoms with Crippen molar-refractivity contribution in [1.82, 2.24) is 20.2 Å². The number of nitrogens with one attached hydrogen (secondary N) is 1. The Morgan fingerprint density at radius 2 is 1.88 bits per heavy atom. The van der Waals surface area contributed by atoms with Crippen LogP contribution in [-0.4, -0.2) is 20.2 Å². The SMILES string of the molecule is Cc1nc(CNc2nncc(-c3ccc(C(F)(F)F)cc3)n2)cs1. The van der Waals surface area contributed by atoms with Crippen LogP contribution < -0.4 is 5.32 Å². The predicted octanol–water partition coefficient (Wildman–Crippen LogP) is 3.93. The van der Waals surface area contributed by atoms with E-state index < -0.39 is 11.7 Å². The van der Waals surface area contributed by atoms with Gasteiger partial charge < -0.3 is 5.32 Å². The number of hydrogen-bond acceptors (Lipinski definition) is 6. The van der Waals surface area contributed by atoms with Crippen molar-refractivity contribution in [1.29, 1.82) is 0 Å². The zero-order chi connectivity index (χ0) is 17.2. The molecule has 1 aromatic carbocycles. The van der Waals surface area contributed by atoms with Gasteiger partial charge in [-0.25, -0.2) is 9.97 Å². The van der Waals surface area contributed by atoms with Crippen molar-refractivity contribution in [3.05, 3.63) is 52.1 Å². The Morgan fingerprint density at radius 1 is 1.12 bits per heavy atom. The minimum Gasteiger partial charge on any atom is -0.347 e. The molecule has 0 atom stereocenters. The summed E-state index contributed by atoms with van der Waals surface area (Å²) in [7, 11) is 0. The molecule has 2 heterocycles. The Balaban J connectivity index is 1.75. The summed E-state index contributed by atoms with van der Waals surface area (Å²) >= 11 is 1.54. The van der Waals surface area contributed by atoms with E-state index in [0.717, 1.165) is 22.8 Å². The third kappa shape index (κ3) is 3.85. The third-order valence-corrected chi connectivity index (χ3v) is 3.98. The van der Waals surface area contributed by atoms with Crippen LogP contribution in [0, 0.1) is 6.92 Å². The van der Waals surface area contributed by atoms with E-state index in [0.29, 0.717) is 17.8 Å². The van der Waals surface area contributed by atoms with Gasteiger partial charge in [-0.05, 0) is 19.1 Å². The number of anilines is 1. The molecule has 2 aromatic heterocycles. The molecule has 0 saturated heterocycles. The number of aromatic nitrogens is 4. The Labute approximate surface area is 139 Å². The Morgan fingerprint density at radius 3 is 2.50 bits per heavy atom. The largest absolute Gasteiger partial charge is 0.416 e. The maximum atomic E-state index is 12.6. The summed E-state index contributed by atoms with van der Waals surface area (Å²) in [5.41, 5.74) is 1.13. The second-order valence-corrected chi connectivity index (χ2v) is 6.01. The average molecular weight is 351 g/mol. The molecule has 0 spiro atoms. The van der Waals surface area contributed by atoms with Crippen LogP contribution in [0.2, 0.25) is 0 Å². The summed E-state index contributed by atoms with van der Waals surface area (Å²) in [6, 6.07) is 4.76. The number of benzene rings is 1. The van der Waals surface area contributed by atoms with Crippen LogP contribution in [0.1, 0.15) is 16.3 Å². The number of alkyl halides is 3. The number of nitrogens with zero attached hydrogens (tertiary/aromatic N) is 4. The highest BCUT2D eigenvalue weighted by Crippen LogP contribution is 2.30. The lowest BCUT2D eigenvalue weighted by Gasteiger charge is -2.08. The lowest BCUT2D eigenvalue weighted by atomic mass is 10.1. The van der Waals surface area contributed by atoms with Gasteiger partial charge in [-0.2, -0.15) is 18.3 Å². The van der Waals surface area contributed by atoms with Crippen LogP contribution in [0.3, 0.4) is 0 Å². The topological polar surface area (TPSA) is 63.6 Å². The minimum atomic E-state index is -4.36. The van der Waals surface area contributed by atoms with Gasteiger partial charge in [-0.1, -0.05) is 12.1 Å². The van der Waals surface area contributed by atoms with E-state index in [2.05, 4.69) is 25.5 Å². The van der Waals surface area contributed by atoms with Crippen molar-refractivity contribution in [2.75, 3.05) is 5.32 Å². The Bertz CT molecular complexity index is 830. The van der Waals surface area contributed by atoms with Crippen LogP contribution in [0.5, 0.6) is 0 Å². The van der Waals surface area contributed by atoms with E-state index in [-0.39, 0.29) is 5.95 Å². The molecule has 0 aliphatic carbocycles. The van der Waals surface area contributed by atoms with Gasteiger partial charge in [0.1, 0.15) is 0 Å². The van der Waals surface area contributed by atoms with Crippen molar-refractivity contribution in [2.45, 2.75) is 19.6 Å². The molecule has 0 fully saturated rings. The molecule has 24 heavy (non-hydrogen) atoms. The van der Waals surface area contributed by atoms with E-state index in [4.69, 9.17) is 0 Å². The average Bonchev–Trinajstić information content (AvgIpc) is 2.98. The standard InChI is InChI=1S/C15H12F3N5S/c1-9-21-12(8-24-9)6-19-14-22-13(7-20-23-14)10-2-4-11(5-3-10)15(16,17)18/h2-5,7-8H,6H2,1H3,(H,19,22,23). The number of halogens is 3. The van der Waals surface area contributed by atoms with Crippen molar-refractivity contribution < 1.29 is 13.2 Å². The van der Waals surface area contributed by atoms with E-state index >= 15 is 0 Å². The molecule has 3 rings (SSSR count). The van der Waals surface area contributed by atoms with Crippen molar-refractivity contribution >= 4 is 17.3 Å². The first-order valence-corrected chi connectivity index (χ1v) is 7.82. The molecule has 0 saturated carbocycles. The molecule has 124 valence electrons. The highest BCUT2D eigenvalue weighted by atomic mass is 32.1. The maximum absolute atomic E-state index is 12.6. The molecule has 0 radical (unpaired) electrons. The quantitative estimate of drug-likeness (QED) is 0.771. The van der Waals surface area contributed by atoms with Gasteiger partial charge in [0.15, 0.2) is 0 Å². The summed E-state index contributed by atoms with van der Waals surface area (Å²) in [5.74, 6) is 0.290. The molecular weight excluding hydrogens is 339 g/mol. The van der Waals surface area contributed by atoms with Gasteiger partial charge in [0.25, 0.3) is 0 Å².